The fourth-order valence-corrected chi connectivity index (χ4v) is 2.06. The molecule has 0 aliphatic heterocycles. The second kappa shape index (κ2) is 6.62. The molecule has 0 aromatic carbocycles. The molecule has 0 heterocycles. The van der Waals surface area contributed by atoms with Crippen molar-refractivity contribution < 1.29 is 9.53 Å². The summed E-state index contributed by atoms with van der Waals surface area (Å²) in [5.74, 6) is 0.610. The molecule has 0 aromatic rings. The van der Waals surface area contributed by atoms with Gasteiger partial charge in [0.05, 0.1) is 0 Å². The van der Waals surface area contributed by atoms with E-state index < -0.39 is 0 Å². The third-order valence-corrected chi connectivity index (χ3v) is 2.96. The fraction of sp³-hybridized carbons (Fsp3) is 0.900. The van der Waals surface area contributed by atoms with E-state index in [0.29, 0.717) is 18.9 Å². The van der Waals surface area contributed by atoms with Gasteiger partial charge in [0.25, 0.3) is 0 Å². The van der Waals surface area contributed by atoms with Crippen LogP contribution in [0.25, 0.3) is 0 Å². The van der Waals surface area contributed by atoms with Gasteiger partial charge in [0.1, 0.15) is 6.61 Å². The van der Waals surface area contributed by atoms with Crippen molar-refractivity contribution in [3.63, 3.8) is 0 Å². The third-order valence-electron chi connectivity index (χ3n) is 2.52. The van der Waals surface area contributed by atoms with Gasteiger partial charge in [0, 0.05) is 10.8 Å². The van der Waals surface area contributed by atoms with Gasteiger partial charge in [0.2, 0.25) is 0 Å². The Kier molecular flexibility index (Phi) is 5.75. The van der Waals surface area contributed by atoms with Crippen LogP contribution < -0.4 is 0 Å². The Morgan fingerprint density at radius 3 is 2.62 bits per heavy atom. The maximum Gasteiger partial charge on any atom is 0.306 e. The Bertz CT molecular complexity index is 153. The first kappa shape index (κ1) is 11.3. The summed E-state index contributed by atoms with van der Waals surface area (Å²) in [5, 5.41) is 0. The SMILES string of the molecule is O=C(CC1CCCCC1)OCCI. The summed E-state index contributed by atoms with van der Waals surface area (Å²) in [6, 6.07) is 0. The lowest BCUT2D eigenvalue weighted by molar-refractivity contribution is -0.144. The summed E-state index contributed by atoms with van der Waals surface area (Å²) in [6.07, 6.45) is 7.03. The molecule has 0 aromatic heterocycles. The van der Waals surface area contributed by atoms with Gasteiger partial charge in [-0.3, -0.25) is 4.79 Å². The molecule has 0 bridgehead atoms. The number of halogens is 1. The van der Waals surface area contributed by atoms with Crippen LogP contribution in [0.3, 0.4) is 0 Å². The molecule has 0 unspecified atom stereocenters. The molecule has 2 nitrogen and oxygen atoms in total. The lowest BCUT2D eigenvalue weighted by atomic mass is 9.87. The highest BCUT2D eigenvalue weighted by atomic mass is 127. The molecular weight excluding hydrogens is 279 g/mol. The van der Waals surface area contributed by atoms with Crippen LogP contribution in [0.2, 0.25) is 0 Å². The first-order valence-corrected chi connectivity index (χ1v) is 6.57. The zero-order valence-corrected chi connectivity index (χ0v) is 10.1. The van der Waals surface area contributed by atoms with E-state index in [1.54, 1.807) is 0 Å². The van der Waals surface area contributed by atoms with Crippen LogP contribution in [0.5, 0.6) is 0 Å². The van der Waals surface area contributed by atoms with E-state index in [9.17, 15) is 4.79 Å². The summed E-state index contributed by atoms with van der Waals surface area (Å²) in [5.41, 5.74) is 0. The smallest absolute Gasteiger partial charge is 0.306 e. The van der Waals surface area contributed by atoms with Gasteiger partial charge in [0.15, 0.2) is 0 Å². The van der Waals surface area contributed by atoms with E-state index in [1.807, 2.05) is 0 Å². The van der Waals surface area contributed by atoms with E-state index in [4.69, 9.17) is 4.74 Å². The number of carbonyl (C=O) groups is 1. The van der Waals surface area contributed by atoms with Crippen LogP contribution in [0, 0.1) is 5.92 Å². The number of esters is 1. The molecule has 1 saturated carbocycles. The minimum atomic E-state index is 0.00330. The van der Waals surface area contributed by atoms with Crippen molar-refractivity contribution in [3.05, 3.63) is 0 Å². The van der Waals surface area contributed by atoms with Gasteiger partial charge in [-0.1, -0.05) is 41.9 Å². The molecule has 0 radical (unpaired) electrons. The summed E-state index contributed by atoms with van der Waals surface area (Å²) in [7, 11) is 0. The van der Waals surface area contributed by atoms with Crippen molar-refractivity contribution in [3.8, 4) is 0 Å². The summed E-state index contributed by atoms with van der Waals surface area (Å²) in [4.78, 5) is 11.2. The molecule has 1 aliphatic carbocycles. The lowest BCUT2D eigenvalue weighted by Gasteiger charge is -2.20. The minimum absolute atomic E-state index is 0.00330. The standard InChI is InChI=1S/C10H17IO2/c11-6-7-13-10(12)8-9-4-2-1-3-5-9/h9H,1-8H2. The van der Waals surface area contributed by atoms with Crippen LogP contribution in [0.4, 0.5) is 0 Å². The zero-order valence-electron chi connectivity index (χ0n) is 7.93. The molecule has 3 heteroatoms. The Morgan fingerprint density at radius 2 is 2.00 bits per heavy atom. The van der Waals surface area contributed by atoms with Gasteiger partial charge in [-0.15, -0.1) is 0 Å². The monoisotopic (exact) mass is 296 g/mol. The summed E-state index contributed by atoms with van der Waals surface area (Å²) >= 11 is 2.21. The maximum atomic E-state index is 11.2. The van der Waals surface area contributed by atoms with Crippen molar-refractivity contribution in [2.75, 3.05) is 11.0 Å². The van der Waals surface area contributed by atoms with Crippen LogP contribution in [0.15, 0.2) is 0 Å². The second-order valence-electron chi connectivity index (χ2n) is 3.62. The molecule has 0 saturated heterocycles. The van der Waals surface area contributed by atoms with Crippen LogP contribution in [0.1, 0.15) is 38.5 Å². The van der Waals surface area contributed by atoms with Crippen LogP contribution >= 0.6 is 22.6 Å². The highest BCUT2D eigenvalue weighted by Crippen LogP contribution is 2.26. The Labute approximate surface area is 93.6 Å². The largest absolute Gasteiger partial charge is 0.465 e. The average molecular weight is 296 g/mol. The Balaban J connectivity index is 2.11. The molecule has 0 atom stereocenters. The van der Waals surface area contributed by atoms with Gasteiger partial charge < -0.3 is 4.74 Å². The molecule has 1 aliphatic rings. The number of rotatable bonds is 4. The normalized spacial score (nSPS) is 18.5. The summed E-state index contributed by atoms with van der Waals surface area (Å²) in [6.45, 7) is 0.576. The highest BCUT2D eigenvalue weighted by molar-refractivity contribution is 14.1. The highest BCUT2D eigenvalue weighted by Gasteiger charge is 2.17. The average Bonchev–Trinajstić information content (AvgIpc) is 2.16. The van der Waals surface area contributed by atoms with E-state index in [0.717, 1.165) is 4.43 Å². The van der Waals surface area contributed by atoms with Gasteiger partial charge >= 0.3 is 5.97 Å². The van der Waals surface area contributed by atoms with Crippen molar-refractivity contribution in [2.45, 2.75) is 38.5 Å². The topological polar surface area (TPSA) is 26.3 Å². The first-order valence-electron chi connectivity index (χ1n) is 5.04. The third kappa shape index (κ3) is 4.84. The van der Waals surface area contributed by atoms with Crippen LogP contribution in [-0.2, 0) is 9.53 Å². The number of hydrogen-bond acceptors (Lipinski definition) is 2. The van der Waals surface area contributed by atoms with E-state index in [2.05, 4.69) is 22.6 Å². The molecule has 1 rings (SSSR count). The predicted molar refractivity (Wildman–Crippen MR) is 61.0 cm³/mol. The minimum Gasteiger partial charge on any atom is -0.465 e. The second-order valence-corrected chi connectivity index (χ2v) is 4.70. The fourth-order valence-electron chi connectivity index (χ4n) is 1.84. The molecule has 76 valence electrons. The number of ether oxygens (including phenoxy) is 1. The van der Waals surface area contributed by atoms with Gasteiger partial charge in [-0.2, -0.15) is 0 Å². The quantitative estimate of drug-likeness (QED) is 0.453. The van der Waals surface area contributed by atoms with Crippen molar-refractivity contribution >= 4 is 28.6 Å². The maximum absolute atomic E-state index is 11.2. The Hall–Kier alpha value is 0.200. The molecule has 0 spiro atoms. The molecule has 1 fully saturated rings. The van der Waals surface area contributed by atoms with Crippen molar-refractivity contribution in [1.82, 2.24) is 0 Å². The number of carbonyl (C=O) groups excluding carboxylic acids is 1. The number of hydrogen-bond donors (Lipinski definition) is 0. The van der Waals surface area contributed by atoms with E-state index >= 15 is 0 Å². The van der Waals surface area contributed by atoms with Crippen molar-refractivity contribution in [1.29, 1.82) is 0 Å². The van der Waals surface area contributed by atoms with Gasteiger partial charge in [-0.05, 0) is 18.8 Å². The predicted octanol–water partition coefficient (Wildman–Crippen LogP) is 2.94. The van der Waals surface area contributed by atoms with Crippen LogP contribution in [-0.4, -0.2) is 17.0 Å². The summed E-state index contributed by atoms with van der Waals surface area (Å²) < 4.78 is 5.94. The molecule has 13 heavy (non-hydrogen) atoms. The van der Waals surface area contributed by atoms with E-state index in [-0.39, 0.29) is 5.97 Å². The van der Waals surface area contributed by atoms with E-state index in [1.165, 1.54) is 32.1 Å². The molecule has 0 amide bonds. The Morgan fingerprint density at radius 1 is 1.31 bits per heavy atom. The zero-order chi connectivity index (χ0) is 9.52. The lowest BCUT2D eigenvalue weighted by Crippen LogP contribution is -2.15. The molecular formula is C10H17IO2. The number of alkyl halides is 1. The molecule has 0 N–H and O–H groups in total. The van der Waals surface area contributed by atoms with Gasteiger partial charge in [-0.25, -0.2) is 0 Å². The first-order chi connectivity index (χ1) is 6.33. The van der Waals surface area contributed by atoms with Crippen molar-refractivity contribution in [2.24, 2.45) is 5.92 Å².